The number of likely N-dealkylation sites (N-methyl/N-ethyl adjacent to an activating group) is 1. The third-order valence-electron chi connectivity index (χ3n) is 2.46. The van der Waals surface area contributed by atoms with Crippen LogP contribution in [0.5, 0.6) is 0 Å². The fourth-order valence-electron chi connectivity index (χ4n) is 1.57. The normalized spacial score (nSPS) is 11.6. The Hall–Kier alpha value is -1.27. The standard InChI is InChI=1S/C12H17F3N2O/c1-17(6-7-18-9-12(13,14)15)11-5-3-2-4-10(11)8-16/h2-5H,6-9,16H2,1H3. The van der Waals surface area contributed by atoms with Gasteiger partial charge in [0.15, 0.2) is 0 Å². The molecule has 0 heterocycles. The van der Waals surface area contributed by atoms with Crippen LogP contribution in [0, 0.1) is 0 Å². The van der Waals surface area contributed by atoms with Gasteiger partial charge in [0, 0.05) is 25.8 Å². The molecule has 0 amide bonds. The van der Waals surface area contributed by atoms with Crippen molar-refractivity contribution < 1.29 is 17.9 Å². The Labute approximate surface area is 104 Å². The van der Waals surface area contributed by atoms with Gasteiger partial charge in [-0.05, 0) is 11.6 Å². The minimum absolute atomic E-state index is 0.0227. The Kier molecular flexibility index (Phi) is 5.43. The first kappa shape index (κ1) is 14.8. The van der Waals surface area contributed by atoms with Gasteiger partial charge in [-0.3, -0.25) is 0 Å². The van der Waals surface area contributed by atoms with Crippen molar-refractivity contribution in [2.75, 3.05) is 31.7 Å². The Bertz CT molecular complexity index is 369. The summed E-state index contributed by atoms with van der Waals surface area (Å²) in [4.78, 5) is 1.83. The minimum atomic E-state index is -4.27. The van der Waals surface area contributed by atoms with Crippen molar-refractivity contribution in [1.82, 2.24) is 0 Å². The summed E-state index contributed by atoms with van der Waals surface area (Å²) >= 11 is 0. The lowest BCUT2D eigenvalue weighted by molar-refractivity contribution is -0.173. The fourth-order valence-corrected chi connectivity index (χ4v) is 1.57. The topological polar surface area (TPSA) is 38.5 Å². The van der Waals surface area contributed by atoms with Crippen molar-refractivity contribution in [3.63, 3.8) is 0 Å². The van der Waals surface area contributed by atoms with Crippen LogP contribution >= 0.6 is 0 Å². The monoisotopic (exact) mass is 262 g/mol. The van der Waals surface area contributed by atoms with E-state index in [1.165, 1.54) is 0 Å². The van der Waals surface area contributed by atoms with E-state index in [9.17, 15) is 13.2 Å². The molecule has 1 aromatic carbocycles. The molecule has 0 saturated carbocycles. The van der Waals surface area contributed by atoms with Crippen LogP contribution in [-0.4, -0.2) is 33.0 Å². The molecule has 0 aliphatic carbocycles. The van der Waals surface area contributed by atoms with Gasteiger partial charge < -0.3 is 15.4 Å². The predicted octanol–water partition coefficient (Wildman–Crippen LogP) is 2.16. The molecule has 0 fully saturated rings. The van der Waals surface area contributed by atoms with Crippen LogP contribution in [0.25, 0.3) is 0 Å². The van der Waals surface area contributed by atoms with Crippen molar-refractivity contribution in [2.45, 2.75) is 12.7 Å². The zero-order valence-electron chi connectivity index (χ0n) is 10.2. The summed E-state index contributed by atoms with van der Waals surface area (Å²) in [5.41, 5.74) is 7.46. The molecule has 0 atom stereocenters. The smallest absolute Gasteiger partial charge is 0.372 e. The predicted molar refractivity (Wildman–Crippen MR) is 64.5 cm³/mol. The Morgan fingerprint density at radius 3 is 2.56 bits per heavy atom. The van der Waals surface area contributed by atoms with Gasteiger partial charge in [0.2, 0.25) is 0 Å². The number of benzene rings is 1. The summed E-state index contributed by atoms with van der Waals surface area (Å²) in [7, 11) is 1.80. The molecule has 0 radical (unpaired) electrons. The van der Waals surface area contributed by atoms with E-state index in [0.29, 0.717) is 13.1 Å². The van der Waals surface area contributed by atoms with Gasteiger partial charge in [-0.2, -0.15) is 13.2 Å². The van der Waals surface area contributed by atoms with E-state index in [0.717, 1.165) is 11.3 Å². The molecule has 1 rings (SSSR count). The fraction of sp³-hybridized carbons (Fsp3) is 0.500. The lowest BCUT2D eigenvalue weighted by atomic mass is 10.1. The van der Waals surface area contributed by atoms with Gasteiger partial charge in [-0.1, -0.05) is 18.2 Å². The summed E-state index contributed by atoms with van der Waals surface area (Å²) < 4.78 is 40.2. The highest BCUT2D eigenvalue weighted by Gasteiger charge is 2.27. The second kappa shape index (κ2) is 6.61. The number of nitrogens with two attached hydrogens (primary N) is 1. The van der Waals surface area contributed by atoms with Gasteiger partial charge in [0.1, 0.15) is 6.61 Å². The minimum Gasteiger partial charge on any atom is -0.372 e. The summed E-state index contributed by atoms with van der Waals surface area (Å²) in [5, 5.41) is 0. The Balaban J connectivity index is 2.43. The molecule has 0 bridgehead atoms. The molecule has 102 valence electrons. The number of rotatable bonds is 6. The molecule has 0 unspecified atom stereocenters. The van der Waals surface area contributed by atoms with Crippen molar-refractivity contribution in [2.24, 2.45) is 5.73 Å². The molecule has 6 heteroatoms. The first-order chi connectivity index (χ1) is 8.44. The maximum Gasteiger partial charge on any atom is 0.411 e. The molecule has 0 spiro atoms. The molecular formula is C12H17F3N2O. The third-order valence-corrected chi connectivity index (χ3v) is 2.46. The van der Waals surface area contributed by atoms with Crippen LogP contribution in [0.1, 0.15) is 5.56 Å². The second-order valence-corrected chi connectivity index (χ2v) is 3.92. The summed E-state index contributed by atoms with van der Waals surface area (Å²) in [6.45, 7) is -0.411. The lowest BCUT2D eigenvalue weighted by Crippen LogP contribution is -2.26. The molecule has 18 heavy (non-hydrogen) atoms. The van der Waals surface area contributed by atoms with Gasteiger partial charge in [-0.15, -0.1) is 0 Å². The number of hydrogen-bond acceptors (Lipinski definition) is 3. The lowest BCUT2D eigenvalue weighted by Gasteiger charge is -2.22. The number of halogens is 3. The highest BCUT2D eigenvalue weighted by atomic mass is 19.4. The van der Waals surface area contributed by atoms with Gasteiger partial charge in [-0.25, -0.2) is 0 Å². The number of nitrogens with zero attached hydrogens (tertiary/aromatic N) is 1. The molecule has 1 aromatic rings. The number of alkyl halides is 3. The van der Waals surface area contributed by atoms with E-state index < -0.39 is 12.8 Å². The SMILES string of the molecule is CN(CCOCC(F)(F)F)c1ccccc1CN. The highest BCUT2D eigenvalue weighted by molar-refractivity contribution is 5.52. The number of anilines is 1. The average molecular weight is 262 g/mol. The van der Waals surface area contributed by atoms with Crippen LogP contribution in [0.4, 0.5) is 18.9 Å². The van der Waals surface area contributed by atoms with Crippen LogP contribution < -0.4 is 10.6 Å². The summed E-state index contributed by atoms with van der Waals surface area (Å²) in [6.07, 6.45) is -4.27. The molecule has 0 aliphatic heterocycles. The van der Waals surface area contributed by atoms with Crippen LogP contribution in [0.2, 0.25) is 0 Å². The highest BCUT2D eigenvalue weighted by Crippen LogP contribution is 2.18. The Morgan fingerprint density at radius 1 is 1.28 bits per heavy atom. The maximum atomic E-state index is 11.9. The van der Waals surface area contributed by atoms with Crippen molar-refractivity contribution in [3.8, 4) is 0 Å². The van der Waals surface area contributed by atoms with Crippen molar-refractivity contribution in [3.05, 3.63) is 29.8 Å². The number of para-hydroxylation sites is 1. The molecule has 0 saturated heterocycles. The van der Waals surface area contributed by atoms with Gasteiger partial charge >= 0.3 is 6.18 Å². The summed E-state index contributed by atoms with van der Waals surface area (Å²) in [6, 6.07) is 7.51. The number of hydrogen-bond donors (Lipinski definition) is 1. The van der Waals surface area contributed by atoms with Crippen LogP contribution in [-0.2, 0) is 11.3 Å². The van der Waals surface area contributed by atoms with Gasteiger partial charge in [0.25, 0.3) is 0 Å². The average Bonchev–Trinajstić information content (AvgIpc) is 2.33. The van der Waals surface area contributed by atoms with Crippen molar-refractivity contribution in [1.29, 1.82) is 0 Å². The molecule has 0 aliphatic rings. The zero-order valence-corrected chi connectivity index (χ0v) is 10.2. The Morgan fingerprint density at radius 2 is 1.94 bits per heavy atom. The molecular weight excluding hydrogens is 245 g/mol. The molecule has 0 aromatic heterocycles. The van der Waals surface area contributed by atoms with Crippen LogP contribution in [0.15, 0.2) is 24.3 Å². The number of ether oxygens (including phenoxy) is 1. The second-order valence-electron chi connectivity index (χ2n) is 3.92. The largest absolute Gasteiger partial charge is 0.411 e. The first-order valence-electron chi connectivity index (χ1n) is 5.57. The van der Waals surface area contributed by atoms with E-state index in [-0.39, 0.29) is 6.61 Å². The maximum absolute atomic E-state index is 11.9. The van der Waals surface area contributed by atoms with E-state index in [2.05, 4.69) is 4.74 Å². The van der Waals surface area contributed by atoms with E-state index >= 15 is 0 Å². The van der Waals surface area contributed by atoms with Gasteiger partial charge in [0.05, 0.1) is 6.61 Å². The van der Waals surface area contributed by atoms with E-state index in [1.807, 2.05) is 29.2 Å². The molecule has 3 nitrogen and oxygen atoms in total. The van der Waals surface area contributed by atoms with E-state index in [1.54, 1.807) is 7.05 Å². The third kappa shape index (κ3) is 4.93. The van der Waals surface area contributed by atoms with Crippen molar-refractivity contribution >= 4 is 5.69 Å². The first-order valence-corrected chi connectivity index (χ1v) is 5.57. The molecule has 2 N–H and O–H groups in total. The van der Waals surface area contributed by atoms with E-state index in [4.69, 9.17) is 5.73 Å². The quantitative estimate of drug-likeness (QED) is 0.798. The summed E-state index contributed by atoms with van der Waals surface area (Å²) in [5.74, 6) is 0. The van der Waals surface area contributed by atoms with Crippen LogP contribution in [0.3, 0.4) is 0 Å². The zero-order chi connectivity index (χ0) is 13.6.